The van der Waals surface area contributed by atoms with E-state index in [1.807, 2.05) is 4.90 Å². The number of rotatable bonds is 4. The molecule has 168 valence electrons. The summed E-state index contributed by atoms with van der Waals surface area (Å²) in [6, 6.07) is 1.28. The first-order valence-corrected chi connectivity index (χ1v) is 12.3. The normalized spacial score (nSPS) is 48.8. The number of amides is 1. The molecule has 0 spiro atoms. The van der Waals surface area contributed by atoms with Gasteiger partial charge in [-0.1, -0.05) is 6.42 Å². The van der Waals surface area contributed by atoms with Gasteiger partial charge in [-0.15, -0.1) is 0 Å². The summed E-state index contributed by atoms with van der Waals surface area (Å²) in [5, 5.41) is 19.5. The van der Waals surface area contributed by atoms with Crippen molar-refractivity contribution in [1.29, 1.82) is 5.26 Å². The molecule has 7 nitrogen and oxygen atoms in total. The Bertz CT molecular complexity index is 838. The van der Waals surface area contributed by atoms with E-state index in [4.69, 9.17) is 5.73 Å². The first kappa shape index (κ1) is 20.0. The summed E-state index contributed by atoms with van der Waals surface area (Å²) < 4.78 is 0. The second-order valence-electron chi connectivity index (χ2n) is 11.8. The van der Waals surface area contributed by atoms with Crippen LogP contribution in [-0.2, 0) is 9.59 Å². The van der Waals surface area contributed by atoms with Crippen molar-refractivity contribution in [2.45, 2.75) is 100 Å². The zero-order chi connectivity index (χ0) is 21.5. The van der Waals surface area contributed by atoms with E-state index >= 15 is 0 Å². The van der Waals surface area contributed by atoms with Crippen LogP contribution in [0.25, 0.3) is 0 Å². The molecule has 0 aromatic heterocycles. The van der Waals surface area contributed by atoms with Gasteiger partial charge in [-0.3, -0.25) is 14.5 Å². The predicted octanol–water partition coefficient (Wildman–Crippen LogP) is 2.10. The number of nitrogens with two attached hydrogens (primary N) is 1. The Hall–Kier alpha value is -1.65. The molecule has 2 aliphatic heterocycles. The third-order valence-corrected chi connectivity index (χ3v) is 9.91. The molecule has 31 heavy (non-hydrogen) atoms. The maximum atomic E-state index is 13.7. The monoisotopic (exact) mass is 426 g/mol. The number of nitriles is 1. The van der Waals surface area contributed by atoms with Gasteiger partial charge in [0.05, 0.1) is 12.1 Å². The Kier molecular flexibility index (Phi) is 4.31. The quantitative estimate of drug-likeness (QED) is 0.712. The Labute approximate surface area is 183 Å². The van der Waals surface area contributed by atoms with Gasteiger partial charge in [0.1, 0.15) is 12.1 Å². The highest BCUT2D eigenvalue weighted by Gasteiger charge is 2.65. The molecule has 0 radical (unpaired) electrons. The van der Waals surface area contributed by atoms with Gasteiger partial charge >= 0.3 is 5.97 Å². The first-order chi connectivity index (χ1) is 14.9. The van der Waals surface area contributed by atoms with Crippen LogP contribution >= 0.6 is 0 Å². The third-order valence-electron chi connectivity index (χ3n) is 9.91. The number of carboxylic acid groups (broad SMARTS) is 1. The van der Waals surface area contributed by atoms with E-state index in [-0.39, 0.29) is 28.9 Å². The van der Waals surface area contributed by atoms with E-state index in [0.717, 1.165) is 70.8 Å². The standard InChI is InChI=1S/C24H34N4O3/c25-12-17-6-16-7-19(16)28(17)21(29)20(26)23-8-14-5-15(9-23)11-24(10-14,13-23)27-4-2-1-3-18(27)22(30)31/h14-20H,1-11,13,26H2,(H,30,31)/t14-,15?,16?,17-,18?,19?,20+,23?,24?/m0/s1. The predicted molar refractivity (Wildman–Crippen MR) is 113 cm³/mol. The van der Waals surface area contributed by atoms with Crippen molar-refractivity contribution in [3.05, 3.63) is 0 Å². The van der Waals surface area contributed by atoms with Crippen molar-refractivity contribution in [3.63, 3.8) is 0 Å². The molecule has 9 atom stereocenters. The van der Waals surface area contributed by atoms with E-state index in [0.29, 0.717) is 17.8 Å². The van der Waals surface area contributed by atoms with Crippen LogP contribution in [0.1, 0.15) is 70.6 Å². The lowest BCUT2D eigenvalue weighted by Gasteiger charge is -2.67. The number of carbonyl (C=O) groups excluding carboxylic acids is 1. The summed E-state index contributed by atoms with van der Waals surface area (Å²) in [4.78, 5) is 29.9. The minimum absolute atomic E-state index is 0.0120. The largest absolute Gasteiger partial charge is 0.480 e. The van der Waals surface area contributed by atoms with E-state index < -0.39 is 18.1 Å². The van der Waals surface area contributed by atoms with Crippen molar-refractivity contribution in [2.24, 2.45) is 28.9 Å². The van der Waals surface area contributed by atoms with Gasteiger partial charge < -0.3 is 15.7 Å². The summed E-state index contributed by atoms with van der Waals surface area (Å²) in [6.45, 7) is 0.849. The van der Waals surface area contributed by atoms with Gasteiger partial charge in [-0.25, -0.2) is 0 Å². The van der Waals surface area contributed by atoms with Crippen molar-refractivity contribution in [3.8, 4) is 6.07 Å². The number of piperidine rings is 2. The Morgan fingerprint density at radius 2 is 1.84 bits per heavy atom. The molecule has 3 N–H and O–H groups in total. The molecular weight excluding hydrogens is 392 g/mol. The summed E-state index contributed by atoms with van der Waals surface area (Å²) in [5.74, 6) is 0.861. The lowest BCUT2D eigenvalue weighted by molar-refractivity contribution is -0.178. The van der Waals surface area contributed by atoms with E-state index in [1.54, 1.807) is 0 Å². The van der Waals surface area contributed by atoms with Crippen LogP contribution < -0.4 is 5.73 Å². The lowest BCUT2D eigenvalue weighted by Crippen LogP contribution is -2.70. The number of hydrogen-bond donors (Lipinski definition) is 2. The number of nitrogens with zero attached hydrogens (tertiary/aromatic N) is 3. The summed E-state index contributed by atoms with van der Waals surface area (Å²) in [6.07, 6.45) is 10.7. The van der Waals surface area contributed by atoms with Crippen LogP contribution in [0.15, 0.2) is 0 Å². The summed E-state index contributed by atoms with van der Waals surface area (Å²) in [7, 11) is 0. The molecular formula is C24H34N4O3. The molecule has 2 heterocycles. The molecule has 5 saturated carbocycles. The van der Waals surface area contributed by atoms with Gasteiger partial charge in [0.2, 0.25) is 5.91 Å². The van der Waals surface area contributed by atoms with Crippen LogP contribution in [0.4, 0.5) is 0 Å². The summed E-state index contributed by atoms with van der Waals surface area (Å²) in [5.41, 5.74) is 6.48. The molecule has 0 aromatic carbocycles. The van der Waals surface area contributed by atoms with Crippen LogP contribution in [0.2, 0.25) is 0 Å². The van der Waals surface area contributed by atoms with Gasteiger partial charge in [0, 0.05) is 11.6 Å². The Balaban J connectivity index is 1.31. The topological polar surface area (TPSA) is 111 Å². The fraction of sp³-hybridized carbons (Fsp3) is 0.875. The molecule has 4 bridgehead atoms. The van der Waals surface area contributed by atoms with Crippen molar-refractivity contribution >= 4 is 11.9 Å². The maximum absolute atomic E-state index is 13.7. The SMILES string of the molecule is N#C[C@@H]1CC2CC2N1C(=O)[C@@H](N)C12CC3C[C@@H](C1)CC(N1CCCCC1C(=O)O)(C3)C2. The van der Waals surface area contributed by atoms with E-state index in [9.17, 15) is 20.0 Å². The Morgan fingerprint density at radius 1 is 1.10 bits per heavy atom. The molecule has 7 heteroatoms. The highest BCUT2D eigenvalue weighted by Crippen LogP contribution is 2.65. The maximum Gasteiger partial charge on any atom is 0.320 e. The average molecular weight is 427 g/mol. The highest BCUT2D eigenvalue weighted by atomic mass is 16.4. The molecule has 6 unspecified atom stereocenters. The van der Waals surface area contributed by atoms with Crippen molar-refractivity contribution < 1.29 is 14.7 Å². The number of fused-ring (bicyclic) bond motifs is 1. The molecule has 2 saturated heterocycles. The number of carboxylic acids is 1. The second kappa shape index (κ2) is 6.68. The fourth-order valence-corrected chi connectivity index (χ4v) is 9.05. The van der Waals surface area contributed by atoms with Gasteiger partial charge in [0.25, 0.3) is 0 Å². The lowest BCUT2D eigenvalue weighted by atomic mass is 9.44. The number of aliphatic carboxylic acids is 1. The molecule has 1 amide bonds. The van der Waals surface area contributed by atoms with Crippen molar-refractivity contribution in [1.82, 2.24) is 9.80 Å². The van der Waals surface area contributed by atoms with Crippen LogP contribution in [0.5, 0.6) is 0 Å². The van der Waals surface area contributed by atoms with E-state index in [2.05, 4.69) is 11.0 Å². The molecule has 7 rings (SSSR count). The number of likely N-dealkylation sites (tertiary alicyclic amines) is 2. The second-order valence-corrected chi connectivity index (χ2v) is 11.8. The van der Waals surface area contributed by atoms with E-state index in [1.165, 1.54) is 6.42 Å². The van der Waals surface area contributed by atoms with Crippen LogP contribution in [-0.4, -0.2) is 63.0 Å². The molecule has 7 aliphatic rings. The minimum atomic E-state index is -0.696. The van der Waals surface area contributed by atoms with Gasteiger partial charge in [0.15, 0.2) is 0 Å². The average Bonchev–Trinajstić information content (AvgIpc) is 3.41. The van der Waals surface area contributed by atoms with Crippen LogP contribution in [0.3, 0.4) is 0 Å². The number of carbonyl (C=O) groups is 2. The third kappa shape index (κ3) is 2.83. The fourth-order valence-electron chi connectivity index (χ4n) is 9.05. The first-order valence-electron chi connectivity index (χ1n) is 12.3. The zero-order valence-corrected chi connectivity index (χ0v) is 18.2. The van der Waals surface area contributed by atoms with Gasteiger partial charge in [-0.2, -0.15) is 5.26 Å². The minimum Gasteiger partial charge on any atom is -0.480 e. The summed E-state index contributed by atoms with van der Waals surface area (Å²) >= 11 is 0. The van der Waals surface area contributed by atoms with Gasteiger partial charge in [-0.05, 0) is 93.9 Å². The van der Waals surface area contributed by atoms with Crippen molar-refractivity contribution in [2.75, 3.05) is 6.54 Å². The molecule has 5 aliphatic carbocycles. The van der Waals surface area contributed by atoms with Crippen LogP contribution in [0, 0.1) is 34.5 Å². The highest BCUT2D eigenvalue weighted by molar-refractivity contribution is 5.84. The molecule has 7 fully saturated rings. The number of hydrogen-bond acceptors (Lipinski definition) is 5. The Morgan fingerprint density at radius 3 is 2.52 bits per heavy atom. The molecule has 0 aromatic rings. The zero-order valence-electron chi connectivity index (χ0n) is 18.2. The smallest absolute Gasteiger partial charge is 0.320 e.